The Morgan fingerprint density at radius 1 is 1.40 bits per heavy atom. The molecule has 0 aliphatic heterocycles. The molecule has 0 unspecified atom stereocenters. The summed E-state index contributed by atoms with van der Waals surface area (Å²) in [6.45, 7) is 6.61. The summed E-state index contributed by atoms with van der Waals surface area (Å²) in [4.78, 5) is 4.40. The van der Waals surface area contributed by atoms with E-state index in [9.17, 15) is 0 Å². The largest absolute Gasteiger partial charge is 0.396 e. The maximum atomic E-state index is 5.86. The summed E-state index contributed by atoms with van der Waals surface area (Å²) in [5.74, 6) is 0. The first kappa shape index (κ1) is 10.2. The smallest absolute Gasteiger partial charge is 0.114 e. The van der Waals surface area contributed by atoms with Crippen LogP contribution in [0.25, 0.3) is 0 Å². The summed E-state index contributed by atoms with van der Waals surface area (Å²) in [7, 11) is 0. The molecule has 15 heavy (non-hydrogen) atoms. The Labute approximate surface area is 92.8 Å². The van der Waals surface area contributed by atoms with Crippen LogP contribution in [0, 0.1) is 20.8 Å². The fourth-order valence-corrected chi connectivity index (χ4v) is 2.22. The second-order valence-electron chi connectivity index (χ2n) is 3.62. The van der Waals surface area contributed by atoms with Gasteiger partial charge in [-0.1, -0.05) is 0 Å². The van der Waals surface area contributed by atoms with Gasteiger partial charge in [0.05, 0.1) is 23.6 Å². The number of aromatic nitrogens is 3. The van der Waals surface area contributed by atoms with E-state index in [0.29, 0.717) is 6.54 Å². The number of hydrogen-bond acceptors (Lipinski definition) is 4. The highest BCUT2D eigenvalue weighted by Crippen LogP contribution is 2.17. The van der Waals surface area contributed by atoms with Crippen LogP contribution >= 0.6 is 11.3 Å². The lowest BCUT2D eigenvalue weighted by molar-refractivity contribution is 0.655. The van der Waals surface area contributed by atoms with Crippen LogP contribution < -0.4 is 5.73 Å². The van der Waals surface area contributed by atoms with Crippen molar-refractivity contribution >= 4 is 17.0 Å². The van der Waals surface area contributed by atoms with Crippen LogP contribution in [-0.4, -0.2) is 14.8 Å². The molecule has 0 atom stereocenters. The lowest BCUT2D eigenvalue weighted by Gasteiger charge is -2.00. The number of hydrogen-bond donors (Lipinski definition) is 1. The summed E-state index contributed by atoms with van der Waals surface area (Å²) in [6.07, 6.45) is 0. The molecule has 0 aliphatic rings. The van der Waals surface area contributed by atoms with Crippen molar-refractivity contribution in [3.05, 3.63) is 27.5 Å². The van der Waals surface area contributed by atoms with Gasteiger partial charge in [-0.2, -0.15) is 5.10 Å². The van der Waals surface area contributed by atoms with Gasteiger partial charge in [0, 0.05) is 11.1 Å². The topological polar surface area (TPSA) is 56.7 Å². The monoisotopic (exact) mass is 222 g/mol. The zero-order valence-electron chi connectivity index (χ0n) is 9.11. The number of aryl methyl sites for hydroxylation is 2. The zero-order valence-corrected chi connectivity index (χ0v) is 9.93. The first-order chi connectivity index (χ1) is 7.08. The van der Waals surface area contributed by atoms with E-state index < -0.39 is 0 Å². The molecule has 5 heteroatoms. The summed E-state index contributed by atoms with van der Waals surface area (Å²) < 4.78 is 1.91. The highest BCUT2D eigenvalue weighted by atomic mass is 32.1. The number of anilines is 1. The number of nitrogens with two attached hydrogens (primary N) is 1. The Kier molecular flexibility index (Phi) is 2.48. The van der Waals surface area contributed by atoms with Gasteiger partial charge in [0.2, 0.25) is 0 Å². The summed E-state index contributed by atoms with van der Waals surface area (Å²) in [5.41, 5.74) is 9.61. The minimum Gasteiger partial charge on any atom is -0.396 e. The number of thiazole rings is 1. The quantitative estimate of drug-likeness (QED) is 0.844. The minimum absolute atomic E-state index is 0.711. The summed E-state index contributed by atoms with van der Waals surface area (Å²) in [6, 6.07) is 0. The van der Waals surface area contributed by atoms with Crippen LogP contribution in [0.2, 0.25) is 0 Å². The number of nitrogen functional groups attached to an aromatic ring is 1. The number of rotatable bonds is 2. The Balaban J connectivity index is 2.28. The highest BCUT2D eigenvalue weighted by molar-refractivity contribution is 7.09. The fourth-order valence-electron chi connectivity index (χ4n) is 1.47. The molecule has 2 aromatic rings. The van der Waals surface area contributed by atoms with Crippen molar-refractivity contribution in [1.82, 2.24) is 14.8 Å². The average Bonchev–Trinajstić information content (AvgIpc) is 2.68. The van der Waals surface area contributed by atoms with Gasteiger partial charge in [0.1, 0.15) is 5.01 Å². The molecule has 80 valence electrons. The average molecular weight is 222 g/mol. The maximum absolute atomic E-state index is 5.86. The van der Waals surface area contributed by atoms with Gasteiger partial charge in [-0.05, 0) is 20.8 Å². The minimum atomic E-state index is 0.711. The molecular weight excluding hydrogens is 208 g/mol. The third-order valence-electron chi connectivity index (χ3n) is 2.39. The molecule has 0 fully saturated rings. The third-order valence-corrected chi connectivity index (χ3v) is 3.34. The Bertz CT molecular complexity index is 484. The molecule has 2 aromatic heterocycles. The molecule has 0 saturated carbocycles. The van der Waals surface area contributed by atoms with Crippen LogP contribution in [-0.2, 0) is 6.54 Å². The molecule has 0 saturated heterocycles. The van der Waals surface area contributed by atoms with E-state index in [1.807, 2.05) is 30.8 Å². The Hall–Kier alpha value is -1.36. The van der Waals surface area contributed by atoms with Gasteiger partial charge in [-0.25, -0.2) is 4.98 Å². The van der Waals surface area contributed by atoms with Crippen LogP contribution in [0.1, 0.15) is 22.1 Å². The van der Waals surface area contributed by atoms with Crippen LogP contribution in [0.4, 0.5) is 5.69 Å². The van der Waals surface area contributed by atoms with Crippen molar-refractivity contribution < 1.29 is 0 Å². The first-order valence-electron chi connectivity index (χ1n) is 4.78. The van der Waals surface area contributed by atoms with Crippen molar-refractivity contribution in [2.45, 2.75) is 27.3 Å². The molecule has 0 aromatic carbocycles. The second kappa shape index (κ2) is 3.66. The lowest BCUT2D eigenvalue weighted by atomic mass is 10.3. The molecule has 2 N–H and O–H groups in total. The standard InChI is InChI=1S/C10H14N4S/c1-6-5-15-9(12-6)4-14-8(3)10(11)7(2)13-14/h5H,4,11H2,1-3H3. The molecular formula is C10H14N4S. The molecule has 4 nitrogen and oxygen atoms in total. The first-order valence-corrected chi connectivity index (χ1v) is 5.66. The van der Waals surface area contributed by atoms with E-state index in [1.165, 1.54) is 0 Å². The van der Waals surface area contributed by atoms with Crippen molar-refractivity contribution in [3.63, 3.8) is 0 Å². The van der Waals surface area contributed by atoms with Crippen molar-refractivity contribution in [2.75, 3.05) is 5.73 Å². The van der Waals surface area contributed by atoms with Crippen molar-refractivity contribution in [2.24, 2.45) is 0 Å². The molecule has 0 amide bonds. The summed E-state index contributed by atoms with van der Waals surface area (Å²) >= 11 is 1.66. The molecule has 0 radical (unpaired) electrons. The van der Waals surface area contributed by atoms with E-state index in [-0.39, 0.29) is 0 Å². The normalized spacial score (nSPS) is 10.9. The number of nitrogens with zero attached hydrogens (tertiary/aromatic N) is 3. The van der Waals surface area contributed by atoms with Gasteiger partial charge in [-0.3, -0.25) is 4.68 Å². The van der Waals surface area contributed by atoms with Gasteiger partial charge < -0.3 is 5.73 Å². The van der Waals surface area contributed by atoms with Gasteiger partial charge >= 0.3 is 0 Å². The second-order valence-corrected chi connectivity index (χ2v) is 4.57. The van der Waals surface area contributed by atoms with E-state index in [4.69, 9.17) is 5.73 Å². The van der Waals surface area contributed by atoms with E-state index in [0.717, 1.165) is 27.8 Å². The Morgan fingerprint density at radius 2 is 2.13 bits per heavy atom. The third kappa shape index (κ3) is 1.87. The van der Waals surface area contributed by atoms with Gasteiger partial charge in [-0.15, -0.1) is 11.3 Å². The molecule has 0 aliphatic carbocycles. The van der Waals surface area contributed by atoms with Crippen LogP contribution in [0.5, 0.6) is 0 Å². The SMILES string of the molecule is Cc1csc(Cn2nc(C)c(N)c2C)n1. The molecule has 0 spiro atoms. The summed E-state index contributed by atoms with van der Waals surface area (Å²) in [5, 5.41) is 7.49. The fraction of sp³-hybridized carbons (Fsp3) is 0.400. The van der Waals surface area contributed by atoms with E-state index in [1.54, 1.807) is 11.3 Å². The van der Waals surface area contributed by atoms with E-state index in [2.05, 4.69) is 10.1 Å². The Morgan fingerprint density at radius 3 is 2.60 bits per heavy atom. The van der Waals surface area contributed by atoms with Crippen LogP contribution in [0.3, 0.4) is 0 Å². The molecule has 0 bridgehead atoms. The van der Waals surface area contributed by atoms with E-state index >= 15 is 0 Å². The maximum Gasteiger partial charge on any atom is 0.114 e. The predicted octanol–water partition coefficient (Wildman–Crippen LogP) is 1.90. The molecule has 2 heterocycles. The lowest BCUT2D eigenvalue weighted by Crippen LogP contribution is -2.04. The highest BCUT2D eigenvalue weighted by Gasteiger charge is 2.09. The predicted molar refractivity (Wildman–Crippen MR) is 62.1 cm³/mol. The van der Waals surface area contributed by atoms with Crippen molar-refractivity contribution in [1.29, 1.82) is 0 Å². The van der Waals surface area contributed by atoms with Gasteiger partial charge in [0.25, 0.3) is 0 Å². The van der Waals surface area contributed by atoms with Gasteiger partial charge in [0.15, 0.2) is 0 Å². The molecule has 2 rings (SSSR count). The van der Waals surface area contributed by atoms with Crippen LogP contribution in [0.15, 0.2) is 5.38 Å². The van der Waals surface area contributed by atoms with Crippen molar-refractivity contribution in [3.8, 4) is 0 Å². The zero-order chi connectivity index (χ0) is 11.0.